The molecule has 0 aromatic carbocycles. The first-order chi connectivity index (χ1) is 7.24. The first kappa shape index (κ1) is 12.4. The van der Waals surface area contributed by atoms with Gasteiger partial charge in [0.05, 0.1) is 12.7 Å². The van der Waals surface area contributed by atoms with Gasteiger partial charge in [-0.25, -0.2) is 0 Å². The third-order valence-corrected chi connectivity index (χ3v) is 2.40. The first-order valence-corrected chi connectivity index (χ1v) is 5.39. The van der Waals surface area contributed by atoms with Crippen molar-refractivity contribution in [2.75, 3.05) is 26.4 Å². The molecule has 1 saturated heterocycles. The van der Waals surface area contributed by atoms with E-state index in [-0.39, 0.29) is 6.10 Å². The summed E-state index contributed by atoms with van der Waals surface area (Å²) >= 11 is 0. The van der Waals surface area contributed by atoms with Crippen LogP contribution in [0.2, 0.25) is 0 Å². The lowest BCUT2D eigenvalue weighted by Crippen LogP contribution is -2.37. The molecule has 0 aliphatic carbocycles. The van der Waals surface area contributed by atoms with Gasteiger partial charge in [0.1, 0.15) is 6.04 Å². The quantitative estimate of drug-likeness (QED) is 0.639. The maximum absolute atomic E-state index is 10.8. The van der Waals surface area contributed by atoms with Gasteiger partial charge in [0.15, 0.2) is 0 Å². The van der Waals surface area contributed by atoms with Crippen LogP contribution in [0, 0.1) is 0 Å². The molecule has 0 radical (unpaired) electrons. The number of carboxylic acid groups (broad SMARTS) is 1. The summed E-state index contributed by atoms with van der Waals surface area (Å²) in [6.07, 6.45) is 1.57. The molecule has 2 N–H and O–H groups in total. The number of hydrogen-bond donors (Lipinski definition) is 2. The molecule has 0 spiro atoms. The lowest BCUT2D eigenvalue weighted by atomic mass is 10.2. The lowest BCUT2D eigenvalue weighted by molar-refractivity contribution is -0.140. The van der Waals surface area contributed by atoms with Crippen LogP contribution in [0.25, 0.3) is 0 Å². The SMILES string of the molecule is CCNC(CCOC1CCOC1)C(=O)O. The van der Waals surface area contributed by atoms with Gasteiger partial charge >= 0.3 is 5.97 Å². The van der Waals surface area contributed by atoms with Crippen LogP contribution in [0.4, 0.5) is 0 Å². The van der Waals surface area contributed by atoms with Gasteiger partial charge in [-0.15, -0.1) is 0 Å². The van der Waals surface area contributed by atoms with E-state index in [0.29, 0.717) is 26.2 Å². The third kappa shape index (κ3) is 4.59. The summed E-state index contributed by atoms with van der Waals surface area (Å²) in [7, 11) is 0. The van der Waals surface area contributed by atoms with Crippen LogP contribution in [0.5, 0.6) is 0 Å². The summed E-state index contributed by atoms with van der Waals surface area (Å²) in [5, 5.41) is 11.8. The number of likely N-dealkylation sites (N-methyl/N-ethyl adjacent to an activating group) is 1. The maximum atomic E-state index is 10.8. The Morgan fingerprint density at radius 1 is 1.73 bits per heavy atom. The van der Waals surface area contributed by atoms with Crippen molar-refractivity contribution in [1.82, 2.24) is 5.32 Å². The van der Waals surface area contributed by atoms with Gasteiger partial charge in [-0.05, 0) is 19.4 Å². The molecular weight excluding hydrogens is 198 g/mol. The second-order valence-corrected chi connectivity index (χ2v) is 3.59. The van der Waals surface area contributed by atoms with Crippen molar-refractivity contribution < 1.29 is 19.4 Å². The Hall–Kier alpha value is -0.650. The highest BCUT2D eigenvalue weighted by Gasteiger charge is 2.19. The summed E-state index contributed by atoms with van der Waals surface area (Å²) < 4.78 is 10.7. The number of aliphatic carboxylic acids is 1. The van der Waals surface area contributed by atoms with Gasteiger partial charge in [0.2, 0.25) is 0 Å². The molecule has 2 unspecified atom stereocenters. The van der Waals surface area contributed by atoms with Gasteiger partial charge in [0.25, 0.3) is 0 Å². The van der Waals surface area contributed by atoms with E-state index in [0.717, 1.165) is 13.0 Å². The fourth-order valence-corrected chi connectivity index (χ4v) is 1.56. The van der Waals surface area contributed by atoms with E-state index in [1.54, 1.807) is 0 Å². The van der Waals surface area contributed by atoms with E-state index >= 15 is 0 Å². The predicted molar refractivity (Wildman–Crippen MR) is 54.9 cm³/mol. The molecule has 0 bridgehead atoms. The van der Waals surface area contributed by atoms with Crippen LogP contribution in [-0.4, -0.2) is 49.6 Å². The number of carboxylic acids is 1. The zero-order valence-corrected chi connectivity index (χ0v) is 9.07. The minimum absolute atomic E-state index is 0.154. The molecule has 0 aromatic heterocycles. The smallest absolute Gasteiger partial charge is 0.320 e. The van der Waals surface area contributed by atoms with E-state index in [1.165, 1.54) is 0 Å². The zero-order chi connectivity index (χ0) is 11.1. The highest BCUT2D eigenvalue weighted by Crippen LogP contribution is 2.08. The van der Waals surface area contributed by atoms with Crippen LogP contribution < -0.4 is 5.32 Å². The second kappa shape index (κ2) is 6.76. The summed E-state index contributed by atoms with van der Waals surface area (Å²) in [5.74, 6) is -0.817. The lowest BCUT2D eigenvalue weighted by Gasteiger charge is -2.14. The Morgan fingerprint density at radius 2 is 2.53 bits per heavy atom. The van der Waals surface area contributed by atoms with Gasteiger partial charge < -0.3 is 19.9 Å². The Balaban J connectivity index is 2.12. The Labute approximate surface area is 89.8 Å². The van der Waals surface area contributed by atoms with Crippen LogP contribution >= 0.6 is 0 Å². The summed E-state index contributed by atoms with van der Waals surface area (Å²) in [6.45, 7) is 4.41. The third-order valence-electron chi connectivity index (χ3n) is 2.40. The van der Waals surface area contributed by atoms with E-state index in [1.807, 2.05) is 6.92 Å². The molecule has 0 amide bonds. The number of ether oxygens (including phenoxy) is 2. The van der Waals surface area contributed by atoms with Crippen LogP contribution in [0.1, 0.15) is 19.8 Å². The Kier molecular flexibility index (Phi) is 5.60. The largest absolute Gasteiger partial charge is 0.480 e. The Morgan fingerprint density at radius 3 is 3.07 bits per heavy atom. The summed E-state index contributed by atoms with van der Waals surface area (Å²) in [4.78, 5) is 10.8. The predicted octanol–water partition coefficient (Wildman–Crippen LogP) is 0.245. The molecule has 5 heteroatoms. The fourth-order valence-electron chi connectivity index (χ4n) is 1.56. The highest BCUT2D eigenvalue weighted by atomic mass is 16.5. The topological polar surface area (TPSA) is 67.8 Å². The molecule has 1 rings (SSSR count). The molecule has 1 fully saturated rings. The molecular formula is C10H19NO4. The van der Waals surface area contributed by atoms with Crippen LogP contribution in [-0.2, 0) is 14.3 Å². The average molecular weight is 217 g/mol. The molecule has 88 valence electrons. The summed E-state index contributed by atoms with van der Waals surface area (Å²) in [5.41, 5.74) is 0. The zero-order valence-electron chi connectivity index (χ0n) is 9.07. The van der Waals surface area contributed by atoms with E-state index < -0.39 is 12.0 Å². The standard InChI is InChI=1S/C10H19NO4/c1-2-11-9(10(12)13)4-6-15-8-3-5-14-7-8/h8-9,11H,2-7H2,1H3,(H,12,13). The van der Waals surface area contributed by atoms with Gasteiger partial charge in [0, 0.05) is 13.2 Å². The first-order valence-electron chi connectivity index (χ1n) is 5.39. The van der Waals surface area contributed by atoms with Crippen LogP contribution in [0.15, 0.2) is 0 Å². The molecule has 5 nitrogen and oxygen atoms in total. The van der Waals surface area contributed by atoms with Crippen molar-refractivity contribution in [3.05, 3.63) is 0 Å². The minimum atomic E-state index is -0.817. The average Bonchev–Trinajstić information content (AvgIpc) is 2.69. The number of rotatable bonds is 7. The fraction of sp³-hybridized carbons (Fsp3) is 0.900. The number of hydrogen-bond acceptors (Lipinski definition) is 4. The van der Waals surface area contributed by atoms with Crippen molar-refractivity contribution in [2.24, 2.45) is 0 Å². The molecule has 15 heavy (non-hydrogen) atoms. The van der Waals surface area contributed by atoms with Gasteiger partial charge in [-0.2, -0.15) is 0 Å². The number of carbonyl (C=O) groups is 1. The number of nitrogens with one attached hydrogen (secondary N) is 1. The minimum Gasteiger partial charge on any atom is -0.480 e. The highest BCUT2D eigenvalue weighted by molar-refractivity contribution is 5.73. The van der Waals surface area contributed by atoms with Crippen molar-refractivity contribution >= 4 is 5.97 Å². The molecule has 0 aromatic rings. The maximum Gasteiger partial charge on any atom is 0.320 e. The van der Waals surface area contributed by atoms with E-state index in [9.17, 15) is 4.79 Å². The van der Waals surface area contributed by atoms with E-state index in [4.69, 9.17) is 14.6 Å². The second-order valence-electron chi connectivity index (χ2n) is 3.59. The van der Waals surface area contributed by atoms with E-state index in [2.05, 4.69) is 5.32 Å². The summed E-state index contributed by atoms with van der Waals surface area (Å²) in [6, 6.07) is -0.502. The Bertz CT molecular complexity index is 192. The monoisotopic (exact) mass is 217 g/mol. The van der Waals surface area contributed by atoms with Crippen molar-refractivity contribution in [1.29, 1.82) is 0 Å². The molecule has 1 aliphatic rings. The van der Waals surface area contributed by atoms with Gasteiger partial charge in [-0.3, -0.25) is 4.79 Å². The van der Waals surface area contributed by atoms with Crippen LogP contribution in [0.3, 0.4) is 0 Å². The molecule has 0 saturated carbocycles. The molecule has 2 atom stereocenters. The van der Waals surface area contributed by atoms with Crippen molar-refractivity contribution in [2.45, 2.75) is 31.9 Å². The normalized spacial score (nSPS) is 22.9. The van der Waals surface area contributed by atoms with Gasteiger partial charge in [-0.1, -0.05) is 6.92 Å². The molecule has 1 aliphatic heterocycles. The van der Waals surface area contributed by atoms with Crippen molar-refractivity contribution in [3.8, 4) is 0 Å². The van der Waals surface area contributed by atoms with Crippen molar-refractivity contribution in [3.63, 3.8) is 0 Å². The molecule has 1 heterocycles.